The zero-order valence-corrected chi connectivity index (χ0v) is 12.8. The second kappa shape index (κ2) is 8.08. The number of nitrogens with one attached hydrogen (secondary N) is 1. The summed E-state index contributed by atoms with van der Waals surface area (Å²) in [6.07, 6.45) is 2.08. The van der Waals surface area contributed by atoms with Gasteiger partial charge in [-0.3, -0.25) is 4.79 Å². The first-order valence-corrected chi connectivity index (χ1v) is 7.55. The van der Waals surface area contributed by atoms with Gasteiger partial charge in [-0.2, -0.15) is 0 Å². The summed E-state index contributed by atoms with van der Waals surface area (Å²) in [5.74, 6) is 0.785. The Hall–Kier alpha value is -2.49. The molecule has 0 aliphatic rings. The van der Waals surface area contributed by atoms with Crippen LogP contribution in [0.5, 0.6) is 5.75 Å². The van der Waals surface area contributed by atoms with E-state index in [1.807, 2.05) is 24.3 Å². The van der Waals surface area contributed by atoms with Gasteiger partial charge in [-0.15, -0.1) is 0 Å². The topological polar surface area (TPSA) is 64.3 Å². The standard InChI is InChI=1S/C18H22N2O2/c1-2-14-9-11-15(12-10-14)22-13-5-8-18(21)20-17-7-4-3-6-16(17)19/h3-4,6-7,9-12H,2,5,8,13,19H2,1H3,(H,20,21). The van der Waals surface area contributed by atoms with Gasteiger partial charge in [0.2, 0.25) is 5.91 Å². The van der Waals surface area contributed by atoms with Crippen LogP contribution in [-0.2, 0) is 11.2 Å². The SMILES string of the molecule is CCc1ccc(OCCCC(=O)Nc2ccccc2N)cc1. The molecule has 4 nitrogen and oxygen atoms in total. The van der Waals surface area contributed by atoms with E-state index in [0.29, 0.717) is 30.8 Å². The van der Waals surface area contributed by atoms with Crippen molar-refractivity contribution in [2.75, 3.05) is 17.7 Å². The Labute approximate surface area is 131 Å². The molecule has 4 heteroatoms. The van der Waals surface area contributed by atoms with Crippen LogP contribution in [0, 0.1) is 0 Å². The Morgan fingerprint density at radius 1 is 1.14 bits per heavy atom. The zero-order valence-electron chi connectivity index (χ0n) is 12.8. The maximum Gasteiger partial charge on any atom is 0.224 e. The molecule has 2 aromatic carbocycles. The fourth-order valence-electron chi connectivity index (χ4n) is 2.07. The van der Waals surface area contributed by atoms with Gasteiger partial charge in [0.15, 0.2) is 0 Å². The lowest BCUT2D eigenvalue weighted by molar-refractivity contribution is -0.116. The van der Waals surface area contributed by atoms with Gasteiger partial charge < -0.3 is 15.8 Å². The number of anilines is 2. The first kappa shape index (κ1) is 15.9. The molecule has 0 aliphatic heterocycles. The summed E-state index contributed by atoms with van der Waals surface area (Å²) in [6.45, 7) is 2.64. The third kappa shape index (κ3) is 4.81. The molecule has 0 saturated heterocycles. The van der Waals surface area contributed by atoms with E-state index in [1.165, 1.54) is 5.56 Å². The molecule has 0 heterocycles. The van der Waals surface area contributed by atoms with Crippen molar-refractivity contribution in [1.29, 1.82) is 0 Å². The number of carbonyl (C=O) groups excluding carboxylic acids is 1. The van der Waals surface area contributed by atoms with Crippen LogP contribution in [0.25, 0.3) is 0 Å². The second-order valence-corrected chi connectivity index (χ2v) is 5.08. The maximum atomic E-state index is 11.8. The lowest BCUT2D eigenvalue weighted by Gasteiger charge is -2.09. The number of aryl methyl sites for hydroxylation is 1. The lowest BCUT2D eigenvalue weighted by Crippen LogP contribution is -2.13. The van der Waals surface area contributed by atoms with Gasteiger partial charge in [0.05, 0.1) is 18.0 Å². The van der Waals surface area contributed by atoms with Crippen molar-refractivity contribution in [2.45, 2.75) is 26.2 Å². The van der Waals surface area contributed by atoms with Crippen LogP contribution < -0.4 is 15.8 Å². The summed E-state index contributed by atoms with van der Waals surface area (Å²) in [7, 11) is 0. The summed E-state index contributed by atoms with van der Waals surface area (Å²) in [6, 6.07) is 15.3. The number of hydrogen-bond donors (Lipinski definition) is 2. The molecule has 1 amide bonds. The van der Waals surface area contributed by atoms with E-state index in [-0.39, 0.29) is 5.91 Å². The average Bonchev–Trinajstić information content (AvgIpc) is 2.54. The maximum absolute atomic E-state index is 11.8. The summed E-state index contributed by atoms with van der Waals surface area (Å²) in [4.78, 5) is 11.8. The van der Waals surface area contributed by atoms with Crippen molar-refractivity contribution in [2.24, 2.45) is 0 Å². The third-order valence-corrected chi connectivity index (χ3v) is 3.38. The minimum absolute atomic E-state index is 0.0529. The van der Waals surface area contributed by atoms with Crippen molar-refractivity contribution in [3.8, 4) is 5.75 Å². The molecule has 22 heavy (non-hydrogen) atoms. The summed E-state index contributed by atoms with van der Waals surface area (Å²) < 4.78 is 5.63. The second-order valence-electron chi connectivity index (χ2n) is 5.08. The van der Waals surface area contributed by atoms with Crippen molar-refractivity contribution in [3.63, 3.8) is 0 Å². The molecular formula is C18H22N2O2. The quantitative estimate of drug-likeness (QED) is 0.606. The molecule has 0 aliphatic carbocycles. The van der Waals surface area contributed by atoms with Crippen LogP contribution in [0.3, 0.4) is 0 Å². The Balaban J connectivity index is 1.69. The van der Waals surface area contributed by atoms with Gasteiger partial charge in [-0.25, -0.2) is 0 Å². The highest BCUT2D eigenvalue weighted by molar-refractivity contribution is 5.93. The van der Waals surface area contributed by atoms with Crippen LogP contribution in [-0.4, -0.2) is 12.5 Å². The predicted octanol–water partition coefficient (Wildman–Crippen LogP) is 3.63. The normalized spacial score (nSPS) is 10.2. The highest BCUT2D eigenvalue weighted by atomic mass is 16.5. The smallest absolute Gasteiger partial charge is 0.224 e. The zero-order chi connectivity index (χ0) is 15.8. The Bertz CT molecular complexity index is 609. The van der Waals surface area contributed by atoms with Crippen LogP contribution in [0.1, 0.15) is 25.3 Å². The molecule has 3 N–H and O–H groups in total. The summed E-state index contributed by atoms with van der Waals surface area (Å²) in [5.41, 5.74) is 8.30. The van der Waals surface area contributed by atoms with Crippen molar-refractivity contribution < 1.29 is 9.53 Å². The molecule has 2 rings (SSSR count). The van der Waals surface area contributed by atoms with Gasteiger partial charge in [-0.05, 0) is 42.7 Å². The third-order valence-electron chi connectivity index (χ3n) is 3.38. The van der Waals surface area contributed by atoms with Crippen molar-refractivity contribution >= 4 is 17.3 Å². The fourth-order valence-corrected chi connectivity index (χ4v) is 2.07. The van der Waals surface area contributed by atoms with E-state index in [4.69, 9.17) is 10.5 Å². The van der Waals surface area contributed by atoms with Crippen molar-refractivity contribution in [3.05, 3.63) is 54.1 Å². The Kier molecular flexibility index (Phi) is 5.83. The largest absolute Gasteiger partial charge is 0.494 e. The highest BCUT2D eigenvalue weighted by Gasteiger charge is 2.04. The average molecular weight is 298 g/mol. The van der Waals surface area contributed by atoms with E-state index >= 15 is 0 Å². The van der Waals surface area contributed by atoms with Gasteiger partial charge in [0.1, 0.15) is 5.75 Å². The lowest BCUT2D eigenvalue weighted by atomic mass is 10.2. The number of para-hydroxylation sites is 2. The van der Waals surface area contributed by atoms with Gasteiger partial charge in [-0.1, -0.05) is 31.2 Å². The molecule has 0 fully saturated rings. The van der Waals surface area contributed by atoms with Crippen LogP contribution >= 0.6 is 0 Å². The first-order chi connectivity index (χ1) is 10.7. The van der Waals surface area contributed by atoms with Gasteiger partial charge in [0.25, 0.3) is 0 Å². The first-order valence-electron chi connectivity index (χ1n) is 7.55. The Morgan fingerprint density at radius 3 is 2.55 bits per heavy atom. The minimum atomic E-state index is -0.0529. The van der Waals surface area contributed by atoms with Crippen molar-refractivity contribution in [1.82, 2.24) is 0 Å². The van der Waals surface area contributed by atoms with E-state index < -0.39 is 0 Å². The highest BCUT2D eigenvalue weighted by Crippen LogP contribution is 2.17. The minimum Gasteiger partial charge on any atom is -0.494 e. The molecule has 2 aromatic rings. The van der Waals surface area contributed by atoms with E-state index in [1.54, 1.807) is 12.1 Å². The summed E-state index contributed by atoms with van der Waals surface area (Å²) >= 11 is 0. The molecule has 0 spiro atoms. The number of rotatable bonds is 7. The Morgan fingerprint density at radius 2 is 1.86 bits per heavy atom. The number of benzene rings is 2. The van der Waals surface area contributed by atoms with Crippen LogP contribution in [0.15, 0.2) is 48.5 Å². The molecule has 0 bridgehead atoms. The fraction of sp³-hybridized carbons (Fsp3) is 0.278. The number of hydrogen-bond acceptors (Lipinski definition) is 3. The van der Waals surface area contributed by atoms with Gasteiger partial charge in [0, 0.05) is 6.42 Å². The number of nitrogen functional groups attached to an aromatic ring is 1. The number of amides is 1. The van der Waals surface area contributed by atoms with Crippen LogP contribution in [0.2, 0.25) is 0 Å². The molecule has 0 radical (unpaired) electrons. The van der Waals surface area contributed by atoms with Crippen LogP contribution in [0.4, 0.5) is 11.4 Å². The predicted molar refractivity (Wildman–Crippen MR) is 90.0 cm³/mol. The number of carbonyl (C=O) groups is 1. The van der Waals surface area contributed by atoms with E-state index in [9.17, 15) is 4.79 Å². The number of ether oxygens (including phenoxy) is 1. The van der Waals surface area contributed by atoms with Gasteiger partial charge >= 0.3 is 0 Å². The van der Waals surface area contributed by atoms with E-state index in [0.717, 1.165) is 12.2 Å². The molecule has 0 unspecified atom stereocenters. The molecule has 0 atom stereocenters. The molecule has 0 aromatic heterocycles. The number of nitrogens with two attached hydrogens (primary N) is 1. The molecule has 0 saturated carbocycles. The molecular weight excluding hydrogens is 276 g/mol. The monoisotopic (exact) mass is 298 g/mol. The summed E-state index contributed by atoms with van der Waals surface area (Å²) in [5, 5.41) is 2.80. The molecule has 116 valence electrons. The van der Waals surface area contributed by atoms with E-state index in [2.05, 4.69) is 24.4 Å².